The van der Waals surface area contributed by atoms with E-state index in [1.54, 1.807) is 0 Å². The van der Waals surface area contributed by atoms with E-state index in [1.807, 2.05) is 0 Å². The fourth-order valence-electron chi connectivity index (χ4n) is 3.07. The SMILES string of the molecule is O=C(COC(=O)CCC1CCCC1)Nc1nc2ccc([N+](=O)[O-])cc2s1. The molecule has 26 heavy (non-hydrogen) atoms. The van der Waals surface area contributed by atoms with Crippen molar-refractivity contribution in [2.45, 2.75) is 38.5 Å². The minimum Gasteiger partial charge on any atom is -0.456 e. The molecule has 2 aromatic rings. The lowest BCUT2D eigenvalue weighted by molar-refractivity contribution is -0.384. The van der Waals surface area contributed by atoms with Gasteiger partial charge in [-0.05, 0) is 18.4 Å². The molecule has 1 amide bonds. The fraction of sp³-hybridized carbons (Fsp3) is 0.471. The maximum absolute atomic E-state index is 11.9. The molecule has 0 spiro atoms. The molecule has 0 bridgehead atoms. The largest absolute Gasteiger partial charge is 0.456 e. The number of nitro groups is 1. The summed E-state index contributed by atoms with van der Waals surface area (Å²) in [7, 11) is 0. The number of hydrogen-bond acceptors (Lipinski definition) is 7. The Labute approximate surface area is 153 Å². The van der Waals surface area contributed by atoms with E-state index in [4.69, 9.17) is 4.74 Å². The van der Waals surface area contributed by atoms with E-state index >= 15 is 0 Å². The number of nitrogens with zero attached hydrogens (tertiary/aromatic N) is 2. The Morgan fingerprint density at radius 2 is 2.12 bits per heavy atom. The van der Waals surface area contributed by atoms with Gasteiger partial charge in [0.05, 0.1) is 15.1 Å². The van der Waals surface area contributed by atoms with Crippen molar-refractivity contribution >= 4 is 44.2 Å². The number of carbonyl (C=O) groups is 2. The number of fused-ring (bicyclic) bond motifs is 1. The highest BCUT2D eigenvalue weighted by molar-refractivity contribution is 7.22. The normalized spacial score (nSPS) is 14.5. The van der Waals surface area contributed by atoms with Gasteiger partial charge in [0.25, 0.3) is 11.6 Å². The van der Waals surface area contributed by atoms with Crippen LogP contribution in [0.15, 0.2) is 18.2 Å². The highest BCUT2D eigenvalue weighted by Crippen LogP contribution is 2.29. The third-order valence-corrected chi connectivity index (χ3v) is 5.36. The molecule has 0 unspecified atom stereocenters. The van der Waals surface area contributed by atoms with Crippen LogP contribution in [0.1, 0.15) is 38.5 Å². The van der Waals surface area contributed by atoms with Crippen LogP contribution in [0.25, 0.3) is 10.2 Å². The number of benzene rings is 1. The first-order chi connectivity index (χ1) is 12.5. The summed E-state index contributed by atoms with van der Waals surface area (Å²) < 4.78 is 5.60. The van der Waals surface area contributed by atoms with Gasteiger partial charge in [0.1, 0.15) is 0 Å². The van der Waals surface area contributed by atoms with Crippen LogP contribution in [0, 0.1) is 16.0 Å². The molecular formula is C17H19N3O5S. The van der Waals surface area contributed by atoms with Crippen LogP contribution in [0.3, 0.4) is 0 Å². The van der Waals surface area contributed by atoms with E-state index in [1.165, 1.54) is 43.9 Å². The Kier molecular flexibility index (Phi) is 5.77. The lowest BCUT2D eigenvalue weighted by Gasteiger charge is -2.08. The molecule has 0 radical (unpaired) electrons. The number of non-ortho nitro benzene ring substituents is 1. The number of nitrogens with one attached hydrogen (secondary N) is 1. The summed E-state index contributed by atoms with van der Waals surface area (Å²) in [6, 6.07) is 4.30. The first kappa shape index (κ1) is 18.2. The molecule has 1 aromatic heterocycles. The predicted molar refractivity (Wildman–Crippen MR) is 97.1 cm³/mol. The molecule has 1 heterocycles. The van der Waals surface area contributed by atoms with E-state index in [0.717, 1.165) is 17.8 Å². The Bertz CT molecular complexity index is 829. The van der Waals surface area contributed by atoms with E-state index in [9.17, 15) is 19.7 Å². The number of esters is 1. The van der Waals surface area contributed by atoms with Gasteiger partial charge in [0, 0.05) is 18.6 Å². The maximum atomic E-state index is 11.9. The van der Waals surface area contributed by atoms with Crippen LogP contribution in [0.4, 0.5) is 10.8 Å². The lowest BCUT2D eigenvalue weighted by atomic mass is 10.0. The summed E-state index contributed by atoms with van der Waals surface area (Å²) in [5, 5.41) is 13.7. The summed E-state index contributed by atoms with van der Waals surface area (Å²) >= 11 is 1.13. The molecule has 1 aromatic carbocycles. The van der Waals surface area contributed by atoms with Gasteiger partial charge in [-0.1, -0.05) is 37.0 Å². The molecule has 8 nitrogen and oxygen atoms in total. The van der Waals surface area contributed by atoms with E-state index in [0.29, 0.717) is 27.7 Å². The average molecular weight is 377 g/mol. The first-order valence-corrected chi connectivity index (χ1v) is 9.33. The number of aromatic nitrogens is 1. The fourth-order valence-corrected chi connectivity index (χ4v) is 3.99. The van der Waals surface area contributed by atoms with Gasteiger partial charge in [-0.15, -0.1) is 0 Å². The molecule has 0 atom stereocenters. The summed E-state index contributed by atoms with van der Waals surface area (Å²) in [6.45, 7) is -0.362. The Morgan fingerprint density at radius 3 is 2.85 bits per heavy atom. The van der Waals surface area contributed by atoms with Gasteiger partial charge < -0.3 is 4.74 Å². The van der Waals surface area contributed by atoms with Crippen LogP contribution < -0.4 is 5.32 Å². The van der Waals surface area contributed by atoms with Gasteiger partial charge in [-0.25, -0.2) is 4.98 Å². The van der Waals surface area contributed by atoms with Crippen LogP contribution in [0.2, 0.25) is 0 Å². The maximum Gasteiger partial charge on any atom is 0.306 e. The molecule has 1 fully saturated rings. The molecule has 1 N–H and O–H groups in total. The number of carbonyl (C=O) groups excluding carboxylic acids is 2. The molecule has 1 saturated carbocycles. The number of amides is 1. The smallest absolute Gasteiger partial charge is 0.306 e. The van der Waals surface area contributed by atoms with Crippen LogP contribution in [-0.4, -0.2) is 28.4 Å². The predicted octanol–water partition coefficient (Wildman–Crippen LogP) is 3.66. The topological polar surface area (TPSA) is 111 Å². The molecule has 1 aliphatic carbocycles. The highest BCUT2D eigenvalue weighted by Gasteiger charge is 2.17. The zero-order valence-electron chi connectivity index (χ0n) is 14.1. The molecular weight excluding hydrogens is 358 g/mol. The Balaban J connectivity index is 1.47. The third-order valence-electron chi connectivity index (χ3n) is 4.42. The second-order valence-corrected chi connectivity index (χ2v) is 7.36. The quantitative estimate of drug-likeness (QED) is 0.448. The lowest BCUT2D eigenvalue weighted by Crippen LogP contribution is -2.20. The minimum absolute atomic E-state index is 0.0322. The zero-order valence-corrected chi connectivity index (χ0v) is 14.9. The summed E-state index contributed by atoms with van der Waals surface area (Å²) in [6.07, 6.45) is 5.95. The summed E-state index contributed by atoms with van der Waals surface area (Å²) in [5.74, 6) is -0.247. The second kappa shape index (κ2) is 8.22. The number of rotatable bonds is 7. The van der Waals surface area contributed by atoms with Crippen LogP contribution >= 0.6 is 11.3 Å². The minimum atomic E-state index is -0.484. The molecule has 1 aliphatic rings. The molecule has 0 saturated heterocycles. The van der Waals surface area contributed by atoms with Crippen molar-refractivity contribution < 1.29 is 19.2 Å². The van der Waals surface area contributed by atoms with E-state index < -0.39 is 10.8 Å². The number of thiazole rings is 1. The van der Waals surface area contributed by atoms with Gasteiger partial charge in [0.2, 0.25) is 0 Å². The van der Waals surface area contributed by atoms with Crippen molar-refractivity contribution in [2.24, 2.45) is 5.92 Å². The molecule has 9 heteroatoms. The Hall–Kier alpha value is -2.55. The zero-order chi connectivity index (χ0) is 18.5. The number of anilines is 1. The number of hydrogen-bond donors (Lipinski definition) is 1. The van der Waals surface area contributed by atoms with E-state index in [-0.39, 0.29) is 18.3 Å². The van der Waals surface area contributed by atoms with Crippen molar-refractivity contribution in [2.75, 3.05) is 11.9 Å². The number of nitro benzene ring substituents is 1. The number of ether oxygens (including phenoxy) is 1. The average Bonchev–Trinajstić information content (AvgIpc) is 3.26. The van der Waals surface area contributed by atoms with Crippen molar-refractivity contribution in [1.29, 1.82) is 0 Å². The molecule has 138 valence electrons. The first-order valence-electron chi connectivity index (χ1n) is 8.52. The van der Waals surface area contributed by atoms with Crippen molar-refractivity contribution in [3.63, 3.8) is 0 Å². The van der Waals surface area contributed by atoms with Crippen molar-refractivity contribution in [3.05, 3.63) is 28.3 Å². The van der Waals surface area contributed by atoms with Gasteiger partial charge in [0.15, 0.2) is 11.7 Å². The van der Waals surface area contributed by atoms with Gasteiger partial charge in [-0.3, -0.25) is 25.0 Å². The monoisotopic (exact) mass is 377 g/mol. The van der Waals surface area contributed by atoms with Gasteiger partial charge in [-0.2, -0.15) is 0 Å². The van der Waals surface area contributed by atoms with E-state index in [2.05, 4.69) is 10.3 Å². The third kappa shape index (κ3) is 4.75. The van der Waals surface area contributed by atoms with Crippen LogP contribution in [0.5, 0.6) is 0 Å². The highest BCUT2D eigenvalue weighted by atomic mass is 32.1. The standard InChI is InChI=1S/C17H19N3O5S/c21-15(10-25-16(22)8-5-11-3-1-2-4-11)19-17-18-13-7-6-12(20(23)24)9-14(13)26-17/h6-7,9,11H,1-5,8,10H2,(H,18,19,21). The van der Waals surface area contributed by atoms with Crippen molar-refractivity contribution in [3.8, 4) is 0 Å². The summed E-state index contributed by atoms with van der Waals surface area (Å²) in [4.78, 5) is 38.1. The second-order valence-electron chi connectivity index (χ2n) is 6.33. The summed E-state index contributed by atoms with van der Waals surface area (Å²) in [5.41, 5.74) is 0.527. The molecule has 0 aliphatic heterocycles. The van der Waals surface area contributed by atoms with Gasteiger partial charge >= 0.3 is 5.97 Å². The Morgan fingerprint density at radius 1 is 1.35 bits per heavy atom. The van der Waals surface area contributed by atoms with Crippen molar-refractivity contribution in [1.82, 2.24) is 4.98 Å². The van der Waals surface area contributed by atoms with Crippen LogP contribution in [-0.2, 0) is 14.3 Å². The molecule has 3 rings (SSSR count).